The van der Waals surface area contributed by atoms with Crippen molar-refractivity contribution in [1.29, 1.82) is 0 Å². The molecule has 1 rings (SSSR count). The molecule has 1 N–H and O–H groups in total. The van der Waals surface area contributed by atoms with E-state index in [1.807, 2.05) is 0 Å². The van der Waals surface area contributed by atoms with Gasteiger partial charge in [0.2, 0.25) is 0 Å². The average molecular weight is 263 g/mol. The van der Waals surface area contributed by atoms with Crippen LogP contribution in [0.4, 0.5) is 0 Å². The zero-order chi connectivity index (χ0) is 12.9. The van der Waals surface area contributed by atoms with E-state index in [4.69, 9.17) is 4.74 Å². The third-order valence-corrected chi connectivity index (χ3v) is 5.79. The molecule has 1 aliphatic carbocycles. The lowest BCUT2D eigenvalue weighted by Crippen LogP contribution is -2.56. The highest BCUT2D eigenvalue weighted by Crippen LogP contribution is 2.45. The van der Waals surface area contributed by atoms with Crippen LogP contribution in [0, 0.1) is 5.92 Å². The van der Waals surface area contributed by atoms with E-state index in [0.29, 0.717) is 25.6 Å². The van der Waals surface area contributed by atoms with Crippen molar-refractivity contribution >= 4 is 9.84 Å². The highest BCUT2D eigenvalue weighted by molar-refractivity contribution is 7.92. The molecule has 0 aromatic rings. The Kier molecular flexibility index (Phi) is 5.41. The van der Waals surface area contributed by atoms with Crippen molar-refractivity contribution in [1.82, 2.24) is 5.32 Å². The van der Waals surface area contributed by atoms with Crippen molar-refractivity contribution in [2.75, 3.05) is 33.1 Å². The fourth-order valence-electron chi connectivity index (χ4n) is 2.67. The molecule has 17 heavy (non-hydrogen) atoms. The fourth-order valence-corrected chi connectivity index (χ4v) is 4.11. The van der Waals surface area contributed by atoms with Gasteiger partial charge in [0.15, 0.2) is 9.84 Å². The molecule has 0 aliphatic heterocycles. The summed E-state index contributed by atoms with van der Waals surface area (Å²) in [5.74, 6) is 0.596. The summed E-state index contributed by atoms with van der Waals surface area (Å²) in [6.07, 6.45) is 5.30. The van der Waals surface area contributed by atoms with Crippen molar-refractivity contribution in [3.8, 4) is 0 Å². The van der Waals surface area contributed by atoms with Crippen molar-refractivity contribution in [3.05, 3.63) is 0 Å². The largest absolute Gasteiger partial charge is 0.383 e. The van der Waals surface area contributed by atoms with E-state index in [2.05, 4.69) is 12.2 Å². The Morgan fingerprint density at radius 1 is 1.41 bits per heavy atom. The van der Waals surface area contributed by atoms with E-state index in [9.17, 15) is 8.42 Å². The van der Waals surface area contributed by atoms with Crippen LogP contribution in [-0.2, 0) is 14.6 Å². The molecule has 1 fully saturated rings. The number of sulfone groups is 1. The smallest absolute Gasteiger partial charge is 0.154 e. The minimum atomic E-state index is -2.97. The van der Waals surface area contributed by atoms with Crippen LogP contribution >= 0.6 is 0 Å². The lowest BCUT2D eigenvalue weighted by atomic mass is 9.72. The average Bonchev–Trinajstić information content (AvgIpc) is 2.18. The van der Waals surface area contributed by atoms with E-state index >= 15 is 0 Å². The van der Waals surface area contributed by atoms with Crippen LogP contribution in [0.25, 0.3) is 0 Å². The van der Waals surface area contributed by atoms with Crippen molar-refractivity contribution in [2.24, 2.45) is 5.92 Å². The Labute approximate surface area is 105 Å². The minimum Gasteiger partial charge on any atom is -0.383 e. The van der Waals surface area contributed by atoms with Crippen LogP contribution in [0.1, 0.15) is 32.6 Å². The van der Waals surface area contributed by atoms with Crippen LogP contribution in [-0.4, -0.2) is 46.2 Å². The maximum absolute atomic E-state index is 11.9. The molecule has 1 saturated carbocycles. The third kappa shape index (κ3) is 3.66. The molecule has 0 saturated heterocycles. The van der Waals surface area contributed by atoms with Gasteiger partial charge in [-0.05, 0) is 18.8 Å². The molecule has 0 unspecified atom stereocenters. The maximum atomic E-state index is 11.9. The summed E-state index contributed by atoms with van der Waals surface area (Å²) in [5.41, 5.74) is 0. The molecule has 0 bridgehead atoms. The topological polar surface area (TPSA) is 55.4 Å². The Balaban J connectivity index is 2.47. The van der Waals surface area contributed by atoms with Crippen molar-refractivity contribution in [2.45, 2.75) is 37.4 Å². The third-order valence-electron chi connectivity index (χ3n) is 3.73. The van der Waals surface area contributed by atoms with Gasteiger partial charge in [-0.2, -0.15) is 0 Å². The highest BCUT2D eigenvalue weighted by Gasteiger charge is 2.50. The zero-order valence-corrected chi connectivity index (χ0v) is 12.0. The number of hydrogen-bond acceptors (Lipinski definition) is 4. The Hall–Kier alpha value is -0.130. The van der Waals surface area contributed by atoms with Crippen LogP contribution < -0.4 is 5.32 Å². The summed E-state index contributed by atoms with van der Waals surface area (Å²) < 4.78 is 28.2. The summed E-state index contributed by atoms with van der Waals surface area (Å²) >= 11 is 0. The molecule has 0 atom stereocenters. The second kappa shape index (κ2) is 6.16. The molecule has 5 heteroatoms. The minimum absolute atomic E-state index is 0.513. The lowest BCUT2D eigenvalue weighted by molar-refractivity contribution is 0.178. The molecule has 0 aromatic carbocycles. The van der Waals surface area contributed by atoms with Gasteiger partial charge in [0.05, 0.1) is 11.4 Å². The summed E-state index contributed by atoms with van der Waals surface area (Å²) in [5, 5.41) is 3.19. The predicted octanol–water partition coefficient (Wildman–Crippen LogP) is 1.22. The molecule has 0 radical (unpaired) electrons. The van der Waals surface area contributed by atoms with Gasteiger partial charge in [0.25, 0.3) is 0 Å². The van der Waals surface area contributed by atoms with Crippen LogP contribution in [0.3, 0.4) is 0 Å². The molecule has 0 heterocycles. The van der Waals surface area contributed by atoms with Gasteiger partial charge in [-0.15, -0.1) is 0 Å². The predicted molar refractivity (Wildman–Crippen MR) is 70.0 cm³/mol. The molecule has 0 aromatic heterocycles. The van der Waals surface area contributed by atoms with Gasteiger partial charge in [-0.25, -0.2) is 8.42 Å². The zero-order valence-electron chi connectivity index (χ0n) is 11.2. The van der Waals surface area contributed by atoms with Crippen molar-refractivity contribution in [3.63, 3.8) is 0 Å². The highest BCUT2D eigenvalue weighted by atomic mass is 32.2. The quantitative estimate of drug-likeness (QED) is 0.669. The second-order valence-corrected chi connectivity index (χ2v) is 7.60. The number of nitrogens with one attached hydrogen (secondary N) is 1. The lowest BCUT2D eigenvalue weighted by Gasteiger charge is -2.46. The summed E-state index contributed by atoms with van der Waals surface area (Å²) in [7, 11) is -1.32. The molecular formula is C12H25NO3S. The number of rotatable bonds is 8. The van der Waals surface area contributed by atoms with Gasteiger partial charge in [0.1, 0.15) is 0 Å². The van der Waals surface area contributed by atoms with E-state index in [-0.39, 0.29) is 0 Å². The van der Waals surface area contributed by atoms with Gasteiger partial charge in [-0.3, -0.25) is 0 Å². The van der Waals surface area contributed by atoms with E-state index in [1.165, 1.54) is 6.26 Å². The van der Waals surface area contributed by atoms with E-state index < -0.39 is 14.6 Å². The fraction of sp³-hybridized carbons (Fsp3) is 1.00. The van der Waals surface area contributed by atoms with Gasteiger partial charge in [-0.1, -0.05) is 19.8 Å². The van der Waals surface area contributed by atoms with Gasteiger partial charge >= 0.3 is 0 Å². The molecule has 102 valence electrons. The van der Waals surface area contributed by atoms with Crippen LogP contribution in [0.5, 0.6) is 0 Å². The first kappa shape index (κ1) is 14.9. The molecule has 1 aliphatic rings. The van der Waals surface area contributed by atoms with Gasteiger partial charge in [0, 0.05) is 26.5 Å². The van der Waals surface area contributed by atoms with E-state index in [1.54, 1.807) is 7.11 Å². The Bertz CT molecular complexity index is 321. The van der Waals surface area contributed by atoms with Crippen molar-refractivity contribution < 1.29 is 13.2 Å². The van der Waals surface area contributed by atoms with Crippen LogP contribution in [0.15, 0.2) is 0 Å². The SMILES string of the molecule is CCCC1CC(CNCCOC)(S(C)(=O)=O)C1. The van der Waals surface area contributed by atoms with Crippen LogP contribution in [0.2, 0.25) is 0 Å². The summed E-state index contributed by atoms with van der Waals surface area (Å²) in [6, 6.07) is 0. The molecular weight excluding hydrogens is 238 g/mol. The first-order valence-corrected chi connectivity index (χ1v) is 8.23. The summed E-state index contributed by atoms with van der Waals surface area (Å²) in [4.78, 5) is 0. The maximum Gasteiger partial charge on any atom is 0.154 e. The first-order chi connectivity index (χ1) is 7.95. The van der Waals surface area contributed by atoms with Gasteiger partial charge < -0.3 is 10.1 Å². The molecule has 0 amide bonds. The second-order valence-electron chi connectivity index (χ2n) is 5.19. The number of ether oxygens (including phenoxy) is 1. The monoisotopic (exact) mass is 263 g/mol. The standard InChI is InChI=1S/C12H25NO3S/c1-4-5-11-8-12(9-11,17(3,14)15)10-13-6-7-16-2/h11,13H,4-10H2,1-3H3. The molecule has 4 nitrogen and oxygen atoms in total. The number of hydrogen-bond donors (Lipinski definition) is 1. The molecule has 0 spiro atoms. The number of methoxy groups -OCH3 is 1. The summed E-state index contributed by atoms with van der Waals surface area (Å²) in [6.45, 7) is 4.05. The Morgan fingerprint density at radius 2 is 2.06 bits per heavy atom. The Morgan fingerprint density at radius 3 is 2.53 bits per heavy atom. The van der Waals surface area contributed by atoms with E-state index in [0.717, 1.165) is 25.7 Å². The first-order valence-electron chi connectivity index (χ1n) is 6.34. The normalized spacial score (nSPS) is 29.0.